The number of likely N-dealkylation sites (N-methyl/N-ethyl adjacent to an activating group) is 1. The summed E-state index contributed by atoms with van der Waals surface area (Å²) in [4.78, 5) is 63.6. The molecule has 2 N–H and O–H groups in total. The van der Waals surface area contributed by atoms with E-state index in [1.165, 1.54) is 12.2 Å². The predicted molar refractivity (Wildman–Crippen MR) is 110 cm³/mol. The Hall–Kier alpha value is -2.71. The molecule has 2 aliphatic heterocycles. The van der Waals surface area contributed by atoms with E-state index in [0.717, 1.165) is 4.90 Å². The molecule has 2 atom stereocenters. The van der Waals surface area contributed by atoms with E-state index in [1.54, 1.807) is 4.90 Å². The van der Waals surface area contributed by atoms with Gasteiger partial charge < -0.3 is 15.5 Å². The maximum Gasteiger partial charge on any atom is 0.253 e. The summed E-state index contributed by atoms with van der Waals surface area (Å²) in [5, 5.41) is 5.57. The van der Waals surface area contributed by atoms with Crippen molar-refractivity contribution in [1.29, 1.82) is 0 Å². The van der Waals surface area contributed by atoms with Gasteiger partial charge in [0, 0.05) is 38.2 Å². The fourth-order valence-electron chi connectivity index (χ4n) is 3.79. The summed E-state index contributed by atoms with van der Waals surface area (Å²) in [5.41, 5.74) is 0. The first kappa shape index (κ1) is 23.6. The van der Waals surface area contributed by atoms with E-state index in [-0.39, 0.29) is 48.4 Å². The molecule has 1 fully saturated rings. The van der Waals surface area contributed by atoms with Crippen molar-refractivity contribution >= 4 is 29.5 Å². The van der Waals surface area contributed by atoms with Crippen LogP contribution in [0.4, 0.5) is 0 Å². The molecule has 2 heterocycles. The molecule has 2 rings (SSSR count). The van der Waals surface area contributed by atoms with Crippen LogP contribution in [0.15, 0.2) is 12.2 Å². The van der Waals surface area contributed by atoms with Crippen LogP contribution in [0.1, 0.15) is 52.9 Å². The molecule has 0 radical (unpaired) electrons. The van der Waals surface area contributed by atoms with Gasteiger partial charge in [-0.25, -0.2) is 0 Å². The number of carbonyl (C=O) groups excluding carboxylic acids is 5. The maximum absolute atomic E-state index is 12.8. The Balaban J connectivity index is 1.90. The minimum Gasteiger partial charge on any atom is -0.355 e. The fourth-order valence-corrected chi connectivity index (χ4v) is 3.79. The highest BCUT2D eigenvalue weighted by molar-refractivity contribution is 6.12. The van der Waals surface area contributed by atoms with Gasteiger partial charge >= 0.3 is 0 Å². The van der Waals surface area contributed by atoms with Crippen molar-refractivity contribution in [2.75, 3.05) is 19.6 Å². The lowest BCUT2D eigenvalue weighted by atomic mass is 10.0. The predicted octanol–water partition coefficient (Wildman–Crippen LogP) is 0.350. The first-order valence-electron chi connectivity index (χ1n) is 10.7. The molecular weight excluding hydrogens is 388 g/mol. The van der Waals surface area contributed by atoms with Gasteiger partial charge in [-0.3, -0.25) is 28.9 Å². The highest BCUT2D eigenvalue weighted by Gasteiger charge is 2.35. The number of hydrogen-bond donors (Lipinski definition) is 2. The smallest absolute Gasteiger partial charge is 0.253 e. The van der Waals surface area contributed by atoms with E-state index >= 15 is 0 Å². The second-order valence-electron chi connectivity index (χ2n) is 8.10. The lowest BCUT2D eigenvalue weighted by molar-refractivity contribution is -0.140. The monoisotopic (exact) mass is 420 g/mol. The van der Waals surface area contributed by atoms with Crippen LogP contribution >= 0.6 is 0 Å². The molecule has 0 spiro atoms. The minimum atomic E-state index is -0.630. The summed E-state index contributed by atoms with van der Waals surface area (Å²) >= 11 is 0. The largest absolute Gasteiger partial charge is 0.355 e. The van der Waals surface area contributed by atoms with Gasteiger partial charge in [-0.05, 0) is 38.5 Å². The summed E-state index contributed by atoms with van der Waals surface area (Å²) in [7, 11) is 0. The van der Waals surface area contributed by atoms with Crippen molar-refractivity contribution in [2.24, 2.45) is 5.92 Å². The van der Waals surface area contributed by atoms with Crippen molar-refractivity contribution in [2.45, 2.75) is 65.0 Å². The lowest BCUT2D eigenvalue weighted by Gasteiger charge is -2.27. The Kier molecular flexibility index (Phi) is 8.56. The van der Waals surface area contributed by atoms with Crippen molar-refractivity contribution in [3.63, 3.8) is 0 Å². The third-order valence-electron chi connectivity index (χ3n) is 5.24. The second kappa shape index (κ2) is 10.9. The van der Waals surface area contributed by atoms with Crippen molar-refractivity contribution in [3.05, 3.63) is 12.2 Å². The molecule has 1 saturated heterocycles. The van der Waals surface area contributed by atoms with Gasteiger partial charge in [0.25, 0.3) is 11.8 Å². The molecule has 0 saturated carbocycles. The van der Waals surface area contributed by atoms with Crippen molar-refractivity contribution in [1.82, 2.24) is 20.4 Å². The number of hydrogen-bond acceptors (Lipinski definition) is 5. The first-order chi connectivity index (χ1) is 14.2. The molecule has 9 heteroatoms. The van der Waals surface area contributed by atoms with Gasteiger partial charge in [0.2, 0.25) is 17.7 Å². The average Bonchev–Trinajstić information content (AvgIpc) is 3.29. The van der Waals surface area contributed by atoms with Crippen LogP contribution in [0.5, 0.6) is 0 Å². The number of imide groups is 1. The summed E-state index contributed by atoms with van der Waals surface area (Å²) < 4.78 is 0. The first-order valence-corrected chi connectivity index (χ1v) is 10.7. The Morgan fingerprint density at radius 2 is 1.83 bits per heavy atom. The molecule has 2 aliphatic rings. The Morgan fingerprint density at radius 3 is 2.43 bits per heavy atom. The van der Waals surface area contributed by atoms with Crippen LogP contribution in [-0.2, 0) is 24.0 Å². The number of rotatable bonds is 10. The van der Waals surface area contributed by atoms with Gasteiger partial charge in [0.15, 0.2) is 0 Å². The van der Waals surface area contributed by atoms with E-state index < -0.39 is 12.1 Å². The minimum absolute atomic E-state index is 0.145. The van der Waals surface area contributed by atoms with Gasteiger partial charge in [-0.2, -0.15) is 0 Å². The fraction of sp³-hybridized carbons (Fsp3) is 0.667. The highest BCUT2D eigenvalue weighted by Crippen LogP contribution is 2.20. The third-order valence-corrected chi connectivity index (χ3v) is 5.24. The van der Waals surface area contributed by atoms with Gasteiger partial charge in [-0.1, -0.05) is 13.8 Å². The Morgan fingerprint density at radius 1 is 1.17 bits per heavy atom. The van der Waals surface area contributed by atoms with E-state index in [4.69, 9.17) is 0 Å². The van der Waals surface area contributed by atoms with E-state index in [2.05, 4.69) is 10.6 Å². The standard InChI is InChI=1S/C21H32N4O5/c1-4-22-20(29)15(13-14(2)3)23-21(30)16-7-5-11-24(16)17(26)8-6-12-25-18(27)9-10-19(25)28/h9-10,14-16H,4-8,11-13H2,1-3H3,(H,22,29)(H,23,30)/t15-,16-/m0/s1. The summed E-state index contributed by atoms with van der Waals surface area (Å²) in [6, 6.07) is -1.23. The SMILES string of the molecule is CCNC(=O)[C@H](CC(C)C)NC(=O)[C@@H]1CCCN1C(=O)CCCN1C(=O)C=CC1=O. The van der Waals surface area contributed by atoms with Gasteiger partial charge in [0.1, 0.15) is 12.1 Å². The molecule has 0 aromatic rings. The maximum atomic E-state index is 12.8. The Bertz CT molecular complexity index is 700. The summed E-state index contributed by atoms with van der Waals surface area (Å²) in [5.74, 6) is -1.22. The number of likely N-dealkylation sites (tertiary alicyclic amines) is 1. The number of carbonyl (C=O) groups is 5. The van der Waals surface area contributed by atoms with Crippen LogP contribution < -0.4 is 10.6 Å². The summed E-state index contributed by atoms with van der Waals surface area (Å²) in [6.07, 6.45) is 4.70. The van der Waals surface area contributed by atoms with Crippen LogP contribution in [0.2, 0.25) is 0 Å². The van der Waals surface area contributed by atoms with Gasteiger partial charge in [0.05, 0.1) is 0 Å². The normalized spacial score (nSPS) is 19.5. The molecule has 5 amide bonds. The second-order valence-corrected chi connectivity index (χ2v) is 8.10. The summed E-state index contributed by atoms with van der Waals surface area (Å²) in [6.45, 7) is 6.92. The van der Waals surface area contributed by atoms with Crippen LogP contribution in [0.25, 0.3) is 0 Å². The third kappa shape index (κ3) is 6.14. The quantitative estimate of drug-likeness (QED) is 0.495. The van der Waals surface area contributed by atoms with E-state index in [0.29, 0.717) is 38.8 Å². The zero-order chi connectivity index (χ0) is 22.3. The zero-order valence-electron chi connectivity index (χ0n) is 18.0. The lowest BCUT2D eigenvalue weighted by Crippen LogP contribution is -2.53. The topological polar surface area (TPSA) is 116 Å². The number of nitrogens with one attached hydrogen (secondary N) is 2. The molecule has 166 valence electrons. The molecule has 0 aromatic heterocycles. The molecule has 0 aliphatic carbocycles. The van der Waals surface area contributed by atoms with Crippen LogP contribution in [0.3, 0.4) is 0 Å². The molecule has 0 aromatic carbocycles. The molecule has 30 heavy (non-hydrogen) atoms. The highest BCUT2D eigenvalue weighted by atomic mass is 16.2. The zero-order valence-corrected chi connectivity index (χ0v) is 18.0. The molecular formula is C21H32N4O5. The number of amides is 5. The van der Waals surface area contributed by atoms with Crippen molar-refractivity contribution in [3.8, 4) is 0 Å². The van der Waals surface area contributed by atoms with Gasteiger partial charge in [-0.15, -0.1) is 0 Å². The van der Waals surface area contributed by atoms with E-state index in [9.17, 15) is 24.0 Å². The van der Waals surface area contributed by atoms with Crippen LogP contribution in [0, 0.1) is 5.92 Å². The molecule has 9 nitrogen and oxygen atoms in total. The number of nitrogens with zero attached hydrogens (tertiary/aromatic N) is 2. The van der Waals surface area contributed by atoms with Crippen molar-refractivity contribution < 1.29 is 24.0 Å². The van der Waals surface area contributed by atoms with E-state index in [1.807, 2.05) is 20.8 Å². The average molecular weight is 421 g/mol. The Labute approximate surface area is 177 Å². The molecule has 0 unspecified atom stereocenters. The van der Waals surface area contributed by atoms with Crippen LogP contribution in [-0.4, -0.2) is 71.1 Å². The molecule has 0 bridgehead atoms.